The molecule has 0 aromatic carbocycles. The average molecular weight is 235 g/mol. The fourth-order valence-corrected chi connectivity index (χ4v) is 2.49. The van der Waals surface area contributed by atoms with E-state index >= 15 is 0 Å². The van der Waals surface area contributed by atoms with Gasteiger partial charge in [0.25, 0.3) is 0 Å². The third-order valence-corrected chi connectivity index (χ3v) is 3.82. The van der Waals surface area contributed by atoms with Gasteiger partial charge in [0.2, 0.25) is 5.89 Å². The minimum absolute atomic E-state index is 0.316. The second kappa shape index (κ2) is 5.17. The maximum absolute atomic E-state index is 5.34. The van der Waals surface area contributed by atoms with Crippen molar-refractivity contribution in [2.45, 2.75) is 57.4 Å². The molecule has 1 saturated carbocycles. The summed E-state index contributed by atoms with van der Waals surface area (Å²) in [6.07, 6.45) is 9.96. The van der Waals surface area contributed by atoms with E-state index in [1.165, 1.54) is 38.5 Å². The molecule has 1 aliphatic heterocycles. The van der Waals surface area contributed by atoms with Crippen molar-refractivity contribution in [2.75, 3.05) is 6.54 Å². The Balaban J connectivity index is 1.57. The predicted octanol–water partition coefficient (Wildman–Crippen LogP) is 2.62. The maximum atomic E-state index is 5.34. The minimum atomic E-state index is 0.316. The van der Waals surface area contributed by atoms with Crippen molar-refractivity contribution < 1.29 is 4.52 Å². The molecule has 2 heterocycles. The Hall–Kier alpha value is -0.900. The Morgan fingerprint density at radius 1 is 1.18 bits per heavy atom. The highest BCUT2D eigenvalue weighted by Gasteiger charge is 2.23. The average Bonchev–Trinajstić information content (AvgIpc) is 3.12. The molecule has 0 spiro atoms. The van der Waals surface area contributed by atoms with E-state index in [1.54, 1.807) is 0 Å². The van der Waals surface area contributed by atoms with E-state index in [2.05, 4.69) is 15.5 Å². The Kier molecular flexibility index (Phi) is 3.41. The minimum Gasteiger partial charge on any atom is -0.339 e. The SMILES string of the molecule is C1CCNC(c2noc(CCC3CC3)n2)CC1. The second-order valence-corrected chi connectivity index (χ2v) is 5.38. The van der Waals surface area contributed by atoms with Gasteiger partial charge in [-0.05, 0) is 31.7 Å². The van der Waals surface area contributed by atoms with Gasteiger partial charge in [0, 0.05) is 6.42 Å². The summed E-state index contributed by atoms with van der Waals surface area (Å²) < 4.78 is 5.34. The van der Waals surface area contributed by atoms with Gasteiger partial charge in [-0.1, -0.05) is 30.8 Å². The van der Waals surface area contributed by atoms with Gasteiger partial charge in [-0.2, -0.15) is 4.98 Å². The lowest BCUT2D eigenvalue weighted by molar-refractivity contribution is 0.359. The van der Waals surface area contributed by atoms with Crippen LogP contribution in [0.25, 0.3) is 0 Å². The second-order valence-electron chi connectivity index (χ2n) is 5.38. The Labute approximate surface area is 102 Å². The summed E-state index contributed by atoms with van der Waals surface area (Å²) in [4.78, 5) is 4.54. The van der Waals surface area contributed by atoms with E-state index in [-0.39, 0.29) is 0 Å². The van der Waals surface area contributed by atoms with Gasteiger partial charge in [-0.25, -0.2) is 0 Å². The maximum Gasteiger partial charge on any atom is 0.226 e. The zero-order valence-electron chi connectivity index (χ0n) is 10.3. The van der Waals surface area contributed by atoms with E-state index in [0.29, 0.717) is 6.04 Å². The lowest BCUT2D eigenvalue weighted by atomic mass is 10.1. The van der Waals surface area contributed by atoms with Crippen LogP contribution in [0.1, 0.15) is 62.7 Å². The van der Waals surface area contributed by atoms with Crippen LogP contribution in [-0.4, -0.2) is 16.7 Å². The molecule has 4 heteroatoms. The number of nitrogens with zero attached hydrogens (tertiary/aromatic N) is 2. The molecule has 1 aromatic heterocycles. The lowest BCUT2D eigenvalue weighted by Gasteiger charge is -2.09. The highest BCUT2D eigenvalue weighted by molar-refractivity contribution is 4.95. The summed E-state index contributed by atoms with van der Waals surface area (Å²) in [6.45, 7) is 1.08. The van der Waals surface area contributed by atoms with Gasteiger partial charge in [0.05, 0.1) is 6.04 Å². The molecular formula is C13H21N3O. The molecule has 94 valence electrons. The molecule has 4 nitrogen and oxygen atoms in total. The van der Waals surface area contributed by atoms with Crippen molar-refractivity contribution in [3.63, 3.8) is 0 Å². The van der Waals surface area contributed by atoms with E-state index in [1.807, 2.05) is 0 Å². The van der Waals surface area contributed by atoms with Crippen molar-refractivity contribution in [1.82, 2.24) is 15.5 Å². The van der Waals surface area contributed by atoms with Gasteiger partial charge < -0.3 is 9.84 Å². The monoisotopic (exact) mass is 235 g/mol. The molecule has 1 saturated heterocycles. The van der Waals surface area contributed by atoms with Crippen molar-refractivity contribution in [2.24, 2.45) is 5.92 Å². The zero-order valence-corrected chi connectivity index (χ0v) is 10.3. The van der Waals surface area contributed by atoms with Gasteiger partial charge in [-0.15, -0.1) is 0 Å². The van der Waals surface area contributed by atoms with Gasteiger partial charge in [0.15, 0.2) is 5.82 Å². The molecule has 0 amide bonds. The molecule has 1 unspecified atom stereocenters. The van der Waals surface area contributed by atoms with Crippen LogP contribution in [0.3, 0.4) is 0 Å². The van der Waals surface area contributed by atoms with E-state index in [0.717, 1.165) is 37.0 Å². The van der Waals surface area contributed by atoms with Crippen LogP contribution in [0.15, 0.2) is 4.52 Å². The fourth-order valence-electron chi connectivity index (χ4n) is 2.49. The van der Waals surface area contributed by atoms with Crippen LogP contribution in [0.2, 0.25) is 0 Å². The molecule has 1 N–H and O–H groups in total. The largest absolute Gasteiger partial charge is 0.339 e. The van der Waals surface area contributed by atoms with Crippen LogP contribution < -0.4 is 5.32 Å². The first-order chi connectivity index (χ1) is 8.42. The van der Waals surface area contributed by atoms with Gasteiger partial charge in [-0.3, -0.25) is 0 Å². The molecule has 2 aliphatic rings. The van der Waals surface area contributed by atoms with E-state index in [4.69, 9.17) is 4.52 Å². The van der Waals surface area contributed by atoms with Gasteiger partial charge in [0.1, 0.15) is 0 Å². The van der Waals surface area contributed by atoms with Crippen molar-refractivity contribution >= 4 is 0 Å². The van der Waals surface area contributed by atoms with Crippen LogP contribution in [-0.2, 0) is 6.42 Å². The third-order valence-electron chi connectivity index (χ3n) is 3.82. The highest BCUT2D eigenvalue weighted by Crippen LogP contribution is 2.33. The predicted molar refractivity (Wildman–Crippen MR) is 64.6 cm³/mol. The molecule has 17 heavy (non-hydrogen) atoms. The summed E-state index contributed by atoms with van der Waals surface area (Å²) in [6, 6.07) is 0.316. The van der Waals surface area contributed by atoms with Crippen LogP contribution in [0, 0.1) is 5.92 Å². The van der Waals surface area contributed by atoms with Crippen LogP contribution in [0.5, 0.6) is 0 Å². The van der Waals surface area contributed by atoms with Crippen molar-refractivity contribution in [3.05, 3.63) is 11.7 Å². The number of aromatic nitrogens is 2. The summed E-state index contributed by atoms with van der Waals surface area (Å²) in [5, 5.41) is 7.63. The molecule has 1 aromatic rings. The third kappa shape index (κ3) is 3.06. The topological polar surface area (TPSA) is 51.0 Å². The molecule has 2 fully saturated rings. The van der Waals surface area contributed by atoms with Crippen molar-refractivity contribution in [3.8, 4) is 0 Å². The number of nitrogens with one attached hydrogen (secondary N) is 1. The summed E-state index contributed by atoms with van der Waals surface area (Å²) in [5.41, 5.74) is 0. The quantitative estimate of drug-likeness (QED) is 0.871. The summed E-state index contributed by atoms with van der Waals surface area (Å²) in [7, 11) is 0. The highest BCUT2D eigenvalue weighted by atomic mass is 16.5. The summed E-state index contributed by atoms with van der Waals surface area (Å²) >= 11 is 0. The fraction of sp³-hybridized carbons (Fsp3) is 0.846. The number of hydrogen-bond donors (Lipinski definition) is 1. The Bertz CT molecular complexity index is 351. The van der Waals surface area contributed by atoms with Crippen LogP contribution >= 0.6 is 0 Å². The Morgan fingerprint density at radius 2 is 2.12 bits per heavy atom. The lowest BCUT2D eigenvalue weighted by Crippen LogP contribution is -2.21. The first-order valence-corrected chi connectivity index (χ1v) is 6.97. The molecule has 0 bridgehead atoms. The van der Waals surface area contributed by atoms with Crippen molar-refractivity contribution in [1.29, 1.82) is 0 Å². The number of rotatable bonds is 4. The molecule has 3 rings (SSSR count). The van der Waals surface area contributed by atoms with Crippen LogP contribution in [0.4, 0.5) is 0 Å². The number of aryl methyl sites for hydroxylation is 1. The standard InChI is InChI=1S/C13H21N3O/c1-2-4-11(14-9-3-1)13-15-12(17-16-13)8-7-10-5-6-10/h10-11,14H,1-9H2. The number of hydrogen-bond acceptors (Lipinski definition) is 4. The molecule has 1 aliphatic carbocycles. The van der Waals surface area contributed by atoms with Gasteiger partial charge >= 0.3 is 0 Å². The molecule has 1 atom stereocenters. The molecular weight excluding hydrogens is 214 g/mol. The first kappa shape index (κ1) is 11.2. The van der Waals surface area contributed by atoms with E-state index in [9.17, 15) is 0 Å². The smallest absolute Gasteiger partial charge is 0.226 e. The normalized spacial score (nSPS) is 25.8. The summed E-state index contributed by atoms with van der Waals surface area (Å²) in [5.74, 6) is 2.64. The first-order valence-electron chi connectivity index (χ1n) is 6.97. The van der Waals surface area contributed by atoms with E-state index < -0.39 is 0 Å². The Morgan fingerprint density at radius 3 is 3.00 bits per heavy atom. The zero-order chi connectivity index (χ0) is 11.5. The molecule has 0 radical (unpaired) electrons.